The van der Waals surface area contributed by atoms with Crippen LogP contribution in [-0.2, 0) is 42.7 Å². The molecule has 0 saturated heterocycles. The van der Waals surface area contributed by atoms with Crippen LogP contribution in [0.2, 0.25) is 0 Å². The van der Waals surface area contributed by atoms with Crippen molar-refractivity contribution in [1.82, 2.24) is 14.5 Å². The number of hydrogen-bond acceptors (Lipinski definition) is 3. The number of aromatic hydroxyl groups is 1. The van der Waals surface area contributed by atoms with Crippen LogP contribution in [0.5, 0.6) is 5.75 Å². The summed E-state index contributed by atoms with van der Waals surface area (Å²) in [6.07, 6.45) is 1.33. The first-order valence-electron chi connectivity index (χ1n) is 35.2. The Morgan fingerprint density at radius 2 is 1.25 bits per heavy atom. The predicted octanol–water partition coefficient (Wildman–Crippen LogP) is 15.4. The molecular formula is C58H60N3OPt-. The van der Waals surface area contributed by atoms with E-state index in [2.05, 4.69) is 11.1 Å². The van der Waals surface area contributed by atoms with Crippen LogP contribution < -0.4 is 0 Å². The smallest absolute Gasteiger partial charge is 0.148 e. The molecule has 0 amide bonds. The van der Waals surface area contributed by atoms with E-state index < -0.39 is 147 Å². The van der Waals surface area contributed by atoms with Gasteiger partial charge < -0.3 is 5.11 Å². The maximum Gasteiger partial charge on any atom is 0.148 e. The number of rotatable bonds is 6. The molecule has 324 valence electrons. The van der Waals surface area contributed by atoms with Crippen LogP contribution in [0.25, 0.3) is 72.7 Å². The Labute approximate surface area is 434 Å². The first-order chi connectivity index (χ1) is 42.5. The molecule has 0 aliphatic rings. The molecule has 0 radical (unpaired) electrons. The fourth-order valence-electron chi connectivity index (χ4n) is 7.28. The standard InChI is InChI=1S/C58H60N3O.Pt/c1-55(2,3)42-26-27-50(46(34-42)38-22-17-14-18-23-38)61-51-25-19-24-45(52(51)60-54(61)47-35-44(57(7,8)9)36-48(53(47)62)58(10,11)12)40-30-41(32-43(31-40)56(4,5)6)49-33-39(28-29-59-49)37-20-15-13-16-21-37;/h13-29,31-36,62H,1-12H3;/q-1;/i1D3,2D3,3D3,7D3,8D3,9D3,10D3,11D3,12D3,13D,15D,16D,20D,21D;. The molecule has 63 heavy (non-hydrogen) atoms. The van der Waals surface area contributed by atoms with Gasteiger partial charge in [-0.25, -0.2) is 4.98 Å². The van der Waals surface area contributed by atoms with Crippen LogP contribution in [0.1, 0.15) is 149 Å². The fraction of sp³-hybridized carbons (Fsp3) is 0.276. The molecule has 6 aromatic carbocycles. The number of para-hydroxylation sites is 1. The van der Waals surface area contributed by atoms with Gasteiger partial charge in [-0.1, -0.05) is 184 Å². The molecule has 1 N–H and O–H groups in total. The van der Waals surface area contributed by atoms with E-state index in [0.29, 0.717) is 11.6 Å². The van der Waals surface area contributed by atoms with Gasteiger partial charge in [0.1, 0.15) is 11.6 Å². The first-order valence-corrected chi connectivity index (χ1v) is 19.2. The minimum atomic E-state index is -4.37. The fourth-order valence-corrected chi connectivity index (χ4v) is 7.28. The van der Waals surface area contributed by atoms with Crippen LogP contribution in [0.4, 0.5) is 0 Å². The monoisotopic (exact) mass is 1040 g/mol. The molecule has 8 rings (SSSR count). The number of fused-ring (bicyclic) bond motifs is 1. The molecule has 0 aliphatic heterocycles. The van der Waals surface area contributed by atoms with Crippen molar-refractivity contribution in [2.24, 2.45) is 0 Å². The van der Waals surface area contributed by atoms with Crippen molar-refractivity contribution in [3.05, 3.63) is 168 Å². The molecule has 0 spiro atoms. The number of nitrogens with zero attached hydrogens (tertiary/aromatic N) is 3. The van der Waals surface area contributed by atoms with E-state index in [0.717, 1.165) is 22.8 Å². The van der Waals surface area contributed by atoms with Gasteiger partial charge in [0.15, 0.2) is 0 Å². The Morgan fingerprint density at radius 3 is 1.95 bits per heavy atom. The van der Waals surface area contributed by atoms with Gasteiger partial charge in [0.2, 0.25) is 0 Å². The molecule has 0 fully saturated rings. The minimum Gasteiger partial charge on any atom is -0.507 e. The molecular weight excluding hydrogens is 950 g/mol. The second-order valence-electron chi connectivity index (χ2n) is 16.1. The topological polar surface area (TPSA) is 50.9 Å². The quantitative estimate of drug-likeness (QED) is 0.169. The summed E-state index contributed by atoms with van der Waals surface area (Å²) >= 11 is 0. The average Bonchev–Trinajstić information content (AvgIpc) is 1.16. The van der Waals surface area contributed by atoms with Crippen molar-refractivity contribution >= 4 is 11.0 Å². The molecule has 0 unspecified atom stereocenters. The predicted molar refractivity (Wildman–Crippen MR) is 261 cm³/mol. The molecule has 2 aromatic heterocycles. The summed E-state index contributed by atoms with van der Waals surface area (Å²) in [6, 6.07) is 21.8. The minimum absolute atomic E-state index is 0. The number of phenols is 1. The molecule has 0 aliphatic carbocycles. The summed E-state index contributed by atoms with van der Waals surface area (Å²) in [4.78, 5) is 9.57. The molecule has 8 aromatic rings. The molecule has 5 heteroatoms. The van der Waals surface area contributed by atoms with Crippen LogP contribution in [0.15, 0.2) is 140 Å². The Hall–Kier alpha value is -5.57. The van der Waals surface area contributed by atoms with E-state index in [-0.39, 0.29) is 88.5 Å². The molecule has 2 heterocycles. The van der Waals surface area contributed by atoms with Gasteiger partial charge in [0.25, 0.3) is 0 Å². The summed E-state index contributed by atoms with van der Waals surface area (Å²) < 4.78 is 279. The third-order valence-electron chi connectivity index (χ3n) is 10.5. The van der Waals surface area contributed by atoms with Gasteiger partial charge in [-0.05, 0) is 79.8 Å². The number of phenolic OH excluding ortho intramolecular Hbond substituents is 1. The molecule has 0 bridgehead atoms. The summed E-state index contributed by atoms with van der Waals surface area (Å²) in [7, 11) is 0. The third-order valence-corrected chi connectivity index (χ3v) is 10.5. The Bertz CT molecular complexity index is 4110. The van der Waals surface area contributed by atoms with Crippen molar-refractivity contribution < 1.29 is 70.0 Å². The van der Waals surface area contributed by atoms with Gasteiger partial charge in [-0.3, -0.25) is 9.55 Å². The van der Waals surface area contributed by atoms with Crippen molar-refractivity contribution in [2.75, 3.05) is 0 Å². The van der Waals surface area contributed by atoms with Gasteiger partial charge in [-0.15, -0.1) is 29.3 Å². The zero-order valence-electron chi connectivity index (χ0n) is 66.0. The van der Waals surface area contributed by atoms with E-state index >= 15 is 0 Å². The zero-order chi connectivity index (χ0) is 71.2. The first kappa shape index (κ1) is 20.1. The van der Waals surface area contributed by atoms with Crippen LogP contribution in [0.3, 0.4) is 0 Å². The second-order valence-corrected chi connectivity index (χ2v) is 16.1. The summed E-state index contributed by atoms with van der Waals surface area (Å²) in [5, 5.41) is 13.1. The normalized spacial score (nSPS) is 21.6. The van der Waals surface area contributed by atoms with Gasteiger partial charge in [0.05, 0.1) is 29.1 Å². The maximum absolute atomic E-state index is 13.1. The largest absolute Gasteiger partial charge is 0.507 e. The zero-order valence-corrected chi connectivity index (χ0v) is 36.3. The Morgan fingerprint density at radius 1 is 0.587 bits per heavy atom. The number of pyridine rings is 1. The van der Waals surface area contributed by atoms with Crippen molar-refractivity contribution in [1.29, 1.82) is 0 Å². The van der Waals surface area contributed by atoms with E-state index in [1.165, 1.54) is 66.9 Å². The van der Waals surface area contributed by atoms with Gasteiger partial charge in [0, 0.05) is 81.1 Å². The number of aromatic nitrogens is 3. The number of imidazole rings is 1. The number of hydrogen-bond donors (Lipinski definition) is 1. The van der Waals surface area contributed by atoms with E-state index in [9.17, 15) is 5.11 Å². The molecule has 0 saturated carbocycles. The van der Waals surface area contributed by atoms with Crippen LogP contribution >= 0.6 is 0 Å². The van der Waals surface area contributed by atoms with E-state index in [1.54, 1.807) is 12.1 Å². The van der Waals surface area contributed by atoms with Crippen LogP contribution in [0, 0.1) is 6.07 Å². The maximum atomic E-state index is 13.1. The average molecular weight is 1040 g/mol. The summed E-state index contributed by atoms with van der Waals surface area (Å²) in [5.41, 5.74) is -17.9. The van der Waals surface area contributed by atoms with E-state index in [4.69, 9.17) is 48.8 Å². The third kappa shape index (κ3) is 9.11. The molecule has 4 nitrogen and oxygen atoms in total. The van der Waals surface area contributed by atoms with Crippen LogP contribution in [-0.4, -0.2) is 19.6 Å². The van der Waals surface area contributed by atoms with Gasteiger partial charge in [-0.2, -0.15) is 0 Å². The Kier molecular flexibility index (Phi) is 5.37. The number of benzene rings is 6. The van der Waals surface area contributed by atoms with Crippen molar-refractivity contribution in [3.8, 4) is 67.5 Å². The summed E-state index contributed by atoms with van der Waals surface area (Å²) in [5.74, 6) is -2.47. The van der Waals surface area contributed by atoms with E-state index in [1.807, 2.05) is 20.8 Å². The van der Waals surface area contributed by atoms with Crippen molar-refractivity contribution in [3.63, 3.8) is 0 Å². The second kappa shape index (κ2) is 16.9. The SMILES string of the molecule is [2H]c1c([2H])c([2H])c(-c2ccnc(-c3[c-]c(-c4cccc5c4nc(-c4cc(C(C([2H])([2H])[2H])(C([2H])([2H])[2H])C([2H])([2H])[2H])cc(C(C([2H])([2H])[2H])(C([2H])([2H])[2H])C([2H])([2H])[2H])c4O)n5-c4ccc(C(C([2H])([2H])[2H])(C([2H])([2H])[2H])C([2H])([2H])[2H])cc4-c4ccccc4)cc(C(C)(C)C)c3)c2)c([2H])c1[2H].[Pt]. The molecule has 0 atom stereocenters. The Balaban J connectivity index is 0.0000128. The van der Waals surface area contributed by atoms with Gasteiger partial charge >= 0.3 is 0 Å². The summed E-state index contributed by atoms with van der Waals surface area (Å²) in [6.45, 7) is -31.8. The van der Waals surface area contributed by atoms with Crippen molar-refractivity contribution in [2.45, 2.75) is 104 Å².